The third kappa shape index (κ3) is 4.26. The number of amides is 1. The molecule has 0 saturated carbocycles. The number of benzene rings is 1. The van der Waals surface area contributed by atoms with Crippen LogP contribution in [0, 0.1) is 0 Å². The van der Waals surface area contributed by atoms with Gasteiger partial charge in [0.05, 0.1) is 11.9 Å². The molecule has 0 bridgehead atoms. The summed E-state index contributed by atoms with van der Waals surface area (Å²) in [5.74, 6) is 1.24. The van der Waals surface area contributed by atoms with Crippen molar-refractivity contribution in [3.63, 3.8) is 0 Å². The molecular formula is C20H19ClN6O. The highest BCUT2D eigenvalue weighted by atomic mass is 35.5. The maximum atomic E-state index is 12.8. The summed E-state index contributed by atoms with van der Waals surface area (Å²) in [5.41, 5.74) is 1.56. The lowest BCUT2D eigenvalue weighted by molar-refractivity contribution is 0.0706. The molecule has 1 atom stereocenters. The topological polar surface area (TPSA) is 83.9 Å². The van der Waals surface area contributed by atoms with E-state index in [4.69, 9.17) is 11.6 Å². The molecule has 28 heavy (non-hydrogen) atoms. The van der Waals surface area contributed by atoms with E-state index in [1.807, 2.05) is 11.0 Å². The first-order chi connectivity index (χ1) is 13.7. The van der Waals surface area contributed by atoms with E-state index in [1.54, 1.807) is 49.1 Å². The van der Waals surface area contributed by atoms with Crippen molar-refractivity contribution < 1.29 is 4.79 Å². The third-order valence-corrected chi connectivity index (χ3v) is 4.95. The monoisotopic (exact) mass is 394 g/mol. The van der Waals surface area contributed by atoms with Gasteiger partial charge in [0.2, 0.25) is 5.95 Å². The van der Waals surface area contributed by atoms with Gasteiger partial charge in [0, 0.05) is 48.2 Å². The van der Waals surface area contributed by atoms with Crippen molar-refractivity contribution in [2.24, 2.45) is 0 Å². The van der Waals surface area contributed by atoms with Crippen molar-refractivity contribution in [1.29, 1.82) is 0 Å². The minimum Gasteiger partial charge on any atom is -0.338 e. The molecule has 1 amide bonds. The van der Waals surface area contributed by atoms with Crippen molar-refractivity contribution in [2.75, 3.05) is 18.4 Å². The summed E-state index contributed by atoms with van der Waals surface area (Å²) in [4.78, 5) is 31.8. The van der Waals surface area contributed by atoms with Crippen LogP contribution in [-0.4, -0.2) is 43.8 Å². The van der Waals surface area contributed by atoms with Gasteiger partial charge in [-0.05, 0) is 43.2 Å². The Hall–Kier alpha value is -3.06. The van der Waals surface area contributed by atoms with Gasteiger partial charge in [0.15, 0.2) is 5.82 Å². The molecule has 1 aromatic carbocycles. The van der Waals surface area contributed by atoms with E-state index in [-0.39, 0.29) is 11.8 Å². The van der Waals surface area contributed by atoms with E-state index in [9.17, 15) is 4.79 Å². The quantitative estimate of drug-likeness (QED) is 0.726. The predicted octanol–water partition coefficient (Wildman–Crippen LogP) is 3.68. The Morgan fingerprint density at radius 1 is 1.11 bits per heavy atom. The normalized spacial score (nSPS) is 16.6. The van der Waals surface area contributed by atoms with Crippen LogP contribution in [0.2, 0.25) is 5.02 Å². The Morgan fingerprint density at radius 3 is 2.75 bits per heavy atom. The van der Waals surface area contributed by atoms with Crippen LogP contribution in [0.15, 0.2) is 55.1 Å². The molecule has 1 saturated heterocycles. The Kier molecular flexibility index (Phi) is 5.43. The number of rotatable bonds is 4. The number of hydrogen-bond donors (Lipinski definition) is 1. The molecule has 2 aromatic heterocycles. The molecule has 0 radical (unpaired) electrons. The summed E-state index contributed by atoms with van der Waals surface area (Å²) in [6, 6.07) is 8.92. The first kappa shape index (κ1) is 18.3. The average Bonchev–Trinajstić information content (AvgIpc) is 2.75. The molecule has 142 valence electrons. The number of nitrogens with zero attached hydrogens (tertiary/aromatic N) is 5. The number of halogens is 1. The fraction of sp³-hybridized carbons (Fsp3) is 0.250. The fourth-order valence-electron chi connectivity index (χ4n) is 3.32. The van der Waals surface area contributed by atoms with E-state index < -0.39 is 0 Å². The number of likely N-dealkylation sites (tertiary alicyclic amines) is 1. The molecule has 3 heterocycles. The molecule has 3 aromatic rings. The summed E-state index contributed by atoms with van der Waals surface area (Å²) in [6.45, 7) is 1.37. The number of aromatic nitrogens is 4. The molecule has 1 N–H and O–H groups in total. The maximum Gasteiger partial charge on any atom is 0.253 e. The lowest BCUT2D eigenvalue weighted by Crippen LogP contribution is -2.39. The molecule has 1 aliphatic rings. The Labute approximate surface area is 167 Å². The third-order valence-electron chi connectivity index (χ3n) is 4.70. The fourth-order valence-corrected chi connectivity index (χ4v) is 3.44. The summed E-state index contributed by atoms with van der Waals surface area (Å²) < 4.78 is 0. The van der Waals surface area contributed by atoms with Gasteiger partial charge in [0.25, 0.3) is 5.91 Å². The van der Waals surface area contributed by atoms with E-state index in [0.717, 1.165) is 25.1 Å². The van der Waals surface area contributed by atoms with Crippen molar-refractivity contribution in [3.05, 3.63) is 71.4 Å². The molecule has 1 fully saturated rings. The minimum atomic E-state index is 0.0216. The number of carbonyl (C=O) groups is 1. The van der Waals surface area contributed by atoms with Gasteiger partial charge in [-0.3, -0.25) is 9.78 Å². The van der Waals surface area contributed by atoms with Crippen LogP contribution in [-0.2, 0) is 0 Å². The zero-order chi connectivity index (χ0) is 19.3. The van der Waals surface area contributed by atoms with E-state index in [1.165, 1.54) is 0 Å². The molecule has 4 rings (SSSR count). The molecule has 1 aliphatic heterocycles. The zero-order valence-corrected chi connectivity index (χ0v) is 15.9. The second kappa shape index (κ2) is 8.31. The van der Waals surface area contributed by atoms with Crippen LogP contribution in [0.4, 0.5) is 11.8 Å². The minimum absolute atomic E-state index is 0.0216. The first-order valence-corrected chi connectivity index (χ1v) is 9.47. The highest BCUT2D eigenvalue weighted by molar-refractivity contribution is 6.30. The average molecular weight is 395 g/mol. The summed E-state index contributed by atoms with van der Waals surface area (Å²) in [5, 5.41) is 3.68. The number of carbonyl (C=O) groups excluding carboxylic acids is 1. The molecular weight excluding hydrogens is 376 g/mol. The highest BCUT2D eigenvalue weighted by Gasteiger charge is 2.26. The summed E-state index contributed by atoms with van der Waals surface area (Å²) in [7, 11) is 0. The highest BCUT2D eigenvalue weighted by Crippen LogP contribution is 2.27. The van der Waals surface area contributed by atoms with Crippen molar-refractivity contribution >= 4 is 29.3 Å². The van der Waals surface area contributed by atoms with Crippen molar-refractivity contribution in [2.45, 2.75) is 18.8 Å². The van der Waals surface area contributed by atoms with Gasteiger partial charge in [-0.15, -0.1) is 0 Å². The van der Waals surface area contributed by atoms with Crippen molar-refractivity contribution in [3.8, 4) is 0 Å². The van der Waals surface area contributed by atoms with Crippen LogP contribution in [0.25, 0.3) is 0 Å². The maximum absolute atomic E-state index is 12.8. The Bertz CT molecular complexity index is 950. The Morgan fingerprint density at radius 2 is 1.96 bits per heavy atom. The molecule has 8 heteroatoms. The largest absolute Gasteiger partial charge is 0.338 e. The molecule has 0 spiro atoms. The predicted molar refractivity (Wildman–Crippen MR) is 107 cm³/mol. The van der Waals surface area contributed by atoms with Crippen molar-refractivity contribution in [1.82, 2.24) is 24.8 Å². The number of nitrogens with one attached hydrogen (secondary N) is 1. The lowest BCUT2D eigenvalue weighted by Gasteiger charge is -2.32. The molecule has 7 nitrogen and oxygen atoms in total. The first-order valence-electron chi connectivity index (χ1n) is 9.10. The van der Waals surface area contributed by atoms with E-state index in [2.05, 4.69) is 25.3 Å². The number of hydrogen-bond acceptors (Lipinski definition) is 6. The van der Waals surface area contributed by atoms with E-state index in [0.29, 0.717) is 28.9 Å². The van der Waals surface area contributed by atoms with Gasteiger partial charge < -0.3 is 10.2 Å². The van der Waals surface area contributed by atoms with Gasteiger partial charge in [0.1, 0.15) is 0 Å². The number of anilines is 2. The van der Waals surface area contributed by atoms with Crippen LogP contribution in [0.1, 0.15) is 34.8 Å². The molecule has 1 unspecified atom stereocenters. The molecule has 0 aliphatic carbocycles. The summed E-state index contributed by atoms with van der Waals surface area (Å²) in [6.07, 6.45) is 8.46. The second-order valence-electron chi connectivity index (χ2n) is 6.62. The lowest BCUT2D eigenvalue weighted by atomic mass is 9.94. The second-order valence-corrected chi connectivity index (χ2v) is 7.05. The number of piperidine rings is 1. The van der Waals surface area contributed by atoms with Gasteiger partial charge in [-0.25, -0.2) is 15.0 Å². The summed E-state index contributed by atoms with van der Waals surface area (Å²) >= 11 is 5.92. The van der Waals surface area contributed by atoms with Gasteiger partial charge in [-0.2, -0.15) is 0 Å². The van der Waals surface area contributed by atoms with E-state index >= 15 is 0 Å². The van der Waals surface area contributed by atoms with Crippen LogP contribution < -0.4 is 5.32 Å². The van der Waals surface area contributed by atoms with Crippen LogP contribution in [0.5, 0.6) is 0 Å². The van der Waals surface area contributed by atoms with Crippen LogP contribution in [0.3, 0.4) is 0 Å². The SMILES string of the molecule is O=C(c1ccc(Cl)cc1)N1CCCC(c2ccnc(Nc3cnccn3)n2)C1. The Balaban J connectivity index is 1.48. The smallest absolute Gasteiger partial charge is 0.253 e. The zero-order valence-electron chi connectivity index (χ0n) is 15.1. The standard InChI is InChI=1S/C20H19ClN6O/c21-16-5-3-14(4-6-16)19(28)27-11-1-2-15(13-27)17-7-8-24-20(25-17)26-18-12-22-9-10-23-18/h3-10,12,15H,1-2,11,13H2,(H,23,24,25,26). The van der Waals surface area contributed by atoms with Gasteiger partial charge in [-0.1, -0.05) is 11.6 Å². The van der Waals surface area contributed by atoms with Gasteiger partial charge >= 0.3 is 0 Å². The van der Waals surface area contributed by atoms with Crippen LogP contribution >= 0.6 is 11.6 Å².